The number of benzene rings is 3. The Kier molecular flexibility index (Phi) is 8.11. The van der Waals surface area contributed by atoms with E-state index in [1.807, 2.05) is 62.4 Å². The number of rotatable bonds is 9. The Balaban J connectivity index is 1.47. The summed E-state index contributed by atoms with van der Waals surface area (Å²) in [7, 11) is 1.61. The summed E-state index contributed by atoms with van der Waals surface area (Å²) in [5.74, 6) is 2.62. The lowest BCUT2D eigenvalue weighted by Crippen LogP contribution is -2.31. The molecule has 0 unspecified atom stereocenters. The van der Waals surface area contributed by atoms with Gasteiger partial charge in [0.05, 0.1) is 19.3 Å². The van der Waals surface area contributed by atoms with Crippen LogP contribution in [0, 0.1) is 13.8 Å². The van der Waals surface area contributed by atoms with Crippen LogP contribution in [-0.4, -0.2) is 34.4 Å². The Morgan fingerprint density at radius 1 is 1.02 bits per heavy atom. The maximum absolute atomic E-state index is 13.7. The number of hydrogen-bond donors (Lipinski definition) is 2. The van der Waals surface area contributed by atoms with Gasteiger partial charge in [0.1, 0.15) is 17.5 Å². The fraction of sp³-hybridized carbons (Fsp3) is 0.258. The number of nitrogens with one attached hydrogen (secondary N) is 2. The molecule has 40 heavy (non-hydrogen) atoms. The second kappa shape index (κ2) is 11.9. The molecule has 0 saturated carbocycles. The first-order valence-electron chi connectivity index (χ1n) is 13.2. The monoisotopic (exact) mass is 555 g/mol. The maximum atomic E-state index is 13.7. The molecule has 0 saturated heterocycles. The number of carbonyl (C=O) groups is 1. The van der Waals surface area contributed by atoms with Crippen molar-refractivity contribution < 1.29 is 14.3 Å². The quantitative estimate of drug-likeness (QED) is 0.227. The van der Waals surface area contributed by atoms with Gasteiger partial charge in [-0.2, -0.15) is 4.98 Å². The SMILES string of the molecule is CCOc1ccc([C@@H]2C(C(=O)Nc3ccc(OC)cc3)=C(C)Nc3nc(SCc4ccc(C)cc4C)nn32)cc1. The van der Waals surface area contributed by atoms with E-state index in [2.05, 4.69) is 42.7 Å². The van der Waals surface area contributed by atoms with Crippen LogP contribution in [0.1, 0.15) is 42.1 Å². The Morgan fingerprint density at radius 2 is 1.75 bits per heavy atom. The lowest BCUT2D eigenvalue weighted by molar-refractivity contribution is -0.113. The smallest absolute Gasteiger partial charge is 0.255 e. The van der Waals surface area contributed by atoms with Gasteiger partial charge in [-0.3, -0.25) is 4.79 Å². The molecule has 1 atom stereocenters. The molecule has 1 aliphatic rings. The molecule has 1 aromatic heterocycles. The van der Waals surface area contributed by atoms with Gasteiger partial charge in [0.25, 0.3) is 5.91 Å². The number of ether oxygens (including phenoxy) is 2. The van der Waals surface area contributed by atoms with E-state index in [9.17, 15) is 4.79 Å². The molecule has 2 heterocycles. The molecule has 5 rings (SSSR count). The highest BCUT2D eigenvalue weighted by molar-refractivity contribution is 7.98. The zero-order valence-corrected chi connectivity index (χ0v) is 24.1. The molecule has 2 N–H and O–H groups in total. The Bertz CT molecular complexity index is 1540. The number of allylic oxidation sites excluding steroid dienone is 1. The summed E-state index contributed by atoms with van der Waals surface area (Å²) in [4.78, 5) is 18.5. The summed E-state index contributed by atoms with van der Waals surface area (Å²) in [6, 6.07) is 21.0. The number of nitrogens with zero attached hydrogens (tertiary/aromatic N) is 3. The summed E-state index contributed by atoms with van der Waals surface area (Å²) in [6.07, 6.45) is 0. The largest absolute Gasteiger partial charge is 0.497 e. The van der Waals surface area contributed by atoms with E-state index >= 15 is 0 Å². The summed E-state index contributed by atoms with van der Waals surface area (Å²) in [5.41, 5.74) is 6.59. The minimum atomic E-state index is -0.479. The molecule has 9 heteroatoms. The highest BCUT2D eigenvalue weighted by Crippen LogP contribution is 2.37. The molecular weight excluding hydrogens is 522 g/mol. The standard InChI is InChI=1S/C31H33N5O3S/c1-6-39-26-13-9-22(10-14-26)28-27(29(37)33-24-11-15-25(38-5)16-12-24)21(4)32-30-34-31(35-36(28)30)40-18-23-8-7-19(2)17-20(23)3/h7-17,28H,6,18H2,1-5H3,(H,33,37)(H,32,34,35)/t28-/m1/s1. The van der Waals surface area contributed by atoms with E-state index < -0.39 is 6.04 Å². The van der Waals surface area contributed by atoms with Crippen molar-refractivity contribution in [3.8, 4) is 11.5 Å². The van der Waals surface area contributed by atoms with Crippen LogP contribution in [-0.2, 0) is 10.5 Å². The van der Waals surface area contributed by atoms with Crippen molar-refractivity contribution in [3.05, 3.63) is 100 Å². The van der Waals surface area contributed by atoms with Gasteiger partial charge >= 0.3 is 0 Å². The lowest BCUT2D eigenvalue weighted by Gasteiger charge is -2.28. The topological polar surface area (TPSA) is 90.3 Å². The van der Waals surface area contributed by atoms with Crippen LogP contribution in [0.25, 0.3) is 0 Å². The molecule has 1 amide bonds. The number of fused-ring (bicyclic) bond motifs is 1. The second-order valence-electron chi connectivity index (χ2n) is 9.63. The van der Waals surface area contributed by atoms with Gasteiger partial charge in [0.15, 0.2) is 0 Å². The molecule has 206 valence electrons. The summed E-state index contributed by atoms with van der Waals surface area (Å²) < 4.78 is 12.7. The van der Waals surface area contributed by atoms with Crippen molar-refractivity contribution in [3.63, 3.8) is 0 Å². The molecule has 0 spiro atoms. The third-order valence-electron chi connectivity index (χ3n) is 6.79. The van der Waals surface area contributed by atoms with Crippen LogP contribution in [0.2, 0.25) is 0 Å². The second-order valence-corrected chi connectivity index (χ2v) is 10.6. The lowest BCUT2D eigenvalue weighted by atomic mass is 9.95. The van der Waals surface area contributed by atoms with Crippen molar-refractivity contribution in [2.45, 2.75) is 44.6 Å². The number of carbonyl (C=O) groups excluding carboxylic acids is 1. The maximum Gasteiger partial charge on any atom is 0.255 e. The number of thioether (sulfide) groups is 1. The van der Waals surface area contributed by atoms with Gasteiger partial charge in [-0.25, -0.2) is 4.68 Å². The van der Waals surface area contributed by atoms with Crippen molar-refractivity contribution in [1.29, 1.82) is 0 Å². The van der Waals surface area contributed by atoms with E-state index in [-0.39, 0.29) is 5.91 Å². The first-order valence-corrected chi connectivity index (χ1v) is 14.2. The van der Waals surface area contributed by atoms with E-state index in [0.29, 0.717) is 29.0 Å². The number of amides is 1. The third-order valence-corrected chi connectivity index (χ3v) is 7.67. The highest BCUT2D eigenvalue weighted by Gasteiger charge is 2.34. The van der Waals surface area contributed by atoms with E-state index in [1.165, 1.54) is 16.7 Å². The minimum absolute atomic E-state index is 0.223. The van der Waals surface area contributed by atoms with Gasteiger partial charge in [0, 0.05) is 17.1 Å². The van der Waals surface area contributed by atoms with Crippen molar-refractivity contribution >= 4 is 29.3 Å². The van der Waals surface area contributed by atoms with Crippen LogP contribution in [0.3, 0.4) is 0 Å². The number of hydrogen-bond acceptors (Lipinski definition) is 7. The summed E-state index contributed by atoms with van der Waals surface area (Å²) >= 11 is 1.58. The van der Waals surface area contributed by atoms with E-state index in [1.54, 1.807) is 23.6 Å². The van der Waals surface area contributed by atoms with Crippen molar-refractivity contribution in [2.75, 3.05) is 24.4 Å². The number of aryl methyl sites for hydroxylation is 2. The van der Waals surface area contributed by atoms with Crippen molar-refractivity contribution in [2.24, 2.45) is 0 Å². The number of aromatic nitrogens is 3. The molecule has 0 aliphatic carbocycles. The Labute approximate surface area is 238 Å². The van der Waals surface area contributed by atoms with Gasteiger partial charge < -0.3 is 20.1 Å². The summed E-state index contributed by atoms with van der Waals surface area (Å²) in [6.45, 7) is 8.65. The predicted octanol–water partition coefficient (Wildman–Crippen LogP) is 6.52. The fourth-order valence-electron chi connectivity index (χ4n) is 4.73. The first kappa shape index (κ1) is 27.3. The normalized spacial score (nSPS) is 14.4. The fourth-order valence-corrected chi connectivity index (χ4v) is 5.64. The molecule has 4 aromatic rings. The molecule has 3 aromatic carbocycles. The Hall–Kier alpha value is -4.24. The van der Waals surface area contributed by atoms with Gasteiger partial charge in [-0.05, 0) is 80.8 Å². The predicted molar refractivity (Wildman–Crippen MR) is 159 cm³/mol. The van der Waals surface area contributed by atoms with Crippen LogP contribution >= 0.6 is 11.8 Å². The highest BCUT2D eigenvalue weighted by atomic mass is 32.2. The van der Waals surface area contributed by atoms with Crippen LogP contribution in [0.15, 0.2) is 83.2 Å². The van der Waals surface area contributed by atoms with Crippen LogP contribution in [0.4, 0.5) is 11.6 Å². The average Bonchev–Trinajstić information content (AvgIpc) is 3.35. The number of anilines is 2. The third kappa shape index (κ3) is 5.84. The Morgan fingerprint density at radius 3 is 2.42 bits per heavy atom. The first-order chi connectivity index (χ1) is 19.4. The van der Waals surface area contributed by atoms with Gasteiger partial charge in [-0.1, -0.05) is 47.7 Å². The average molecular weight is 556 g/mol. The molecule has 0 bridgehead atoms. The van der Waals surface area contributed by atoms with E-state index in [4.69, 9.17) is 19.6 Å². The molecular formula is C31H33N5O3S. The minimum Gasteiger partial charge on any atom is -0.497 e. The number of methoxy groups -OCH3 is 1. The molecule has 0 radical (unpaired) electrons. The molecule has 1 aliphatic heterocycles. The van der Waals surface area contributed by atoms with Crippen molar-refractivity contribution in [1.82, 2.24) is 14.8 Å². The van der Waals surface area contributed by atoms with Crippen LogP contribution in [0.5, 0.6) is 11.5 Å². The van der Waals surface area contributed by atoms with E-state index in [0.717, 1.165) is 28.5 Å². The van der Waals surface area contributed by atoms with Gasteiger partial charge in [-0.15, -0.1) is 5.10 Å². The summed E-state index contributed by atoms with van der Waals surface area (Å²) in [5, 5.41) is 11.9. The molecule has 8 nitrogen and oxygen atoms in total. The van der Waals surface area contributed by atoms with Gasteiger partial charge in [0.2, 0.25) is 11.1 Å². The zero-order chi connectivity index (χ0) is 28.2. The zero-order valence-electron chi connectivity index (χ0n) is 23.3. The van der Waals surface area contributed by atoms with Crippen LogP contribution < -0.4 is 20.1 Å². The molecule has 0 fully saturated rings.